The minimum absolute atomic E-state index is 0.341. The standard InChI is InChI=1S/C14H27N3O2/c1-6-15-11(2)14-12(3)16-17(13(14)4)7-8-19-10-9-18-5/h11,15H,6-10H2,1-5H3. The molecule has 0 aromatic carbocycles. The van der Waals surface area contributed by atoms with Crippen molar-refractivity contribution in [3.63, 3.8) is 0 Å². The van der Waals surface area contributed by atoms with Gasteiger partial charge in [-0.05, 0) is 27.3 Å². The van der Waals surface area contributed by atoms with Gasteiger partial charge in [-0.1, -0.05) is 6.92 Å². The first-order valence-corrected chi connectivity index (χ1v) is 6.95. The van der Waals surface area contributed by atoms with Crippen molar-refractivity contribution in [3.05, 3.63) is 17.0 Å². The third kappa shape index (κ3) is 4.60. The molecule has 0 bridgehead atoms. The molecule has 0 aliphatic rings. The highest BCUT2D eigenvalue weighted by molar-refractivity contribution is 5.27. The fraction of sp³-hybridized carbons (Fsp3) is 0.786. The molecule has 0 aliphatic carbocycles. The molecular weight excluding hydrogens is 242 g/mol. The molecule has 5 heteroatoms. The van der Waals surface area contributed by atoms with Crippen molar-refractivity contribution in [1.29, 1.82) is 0 Å². The van der Waals surface area contributed by atoms with Crippen LogP contribution in [0.25, 0.3) is 0 Å². The number of aromatic nitrogens is 2. The molecule has 1 rings (SSSR count). The van der Waals surface area contributed by atoms with Crippen LogP contribution in [-0.2, 0) is 16.0 Å². The van der Waals surface area contributed by atoms with Crippen molar-refractivity contribution in [2.75, 3.05) is 33.5 Å². The number of nitrogens with zero attached hydrogens (tertiary/aromatic N) is 2. The number of methoxy groups -OCH3 is 1. The van der Waals surface area contributed by atoms with Crippen molar-refractivity contribution < 1.29 is 9.47 Å². The lowest BCUT2D eigenvalue weighted by Crippen LogP contribution is -2.19. The summed E-state index contributed by atoms with van der Waals surface area (Å²) in [5.74, 6) is 0. The Bertz CT molecular complexity index is 377. The number of hydrogen-bond acceptors (Lipinski definition) is 4. The van der Waals surface area contributed by atoms with Gasteiger partial charge in [0.05, 0.1) is 32.1 Å². The zero-order valence-corrected chi connectivity index (χ0v) is 12.8. The van der Waals surface area contributed by atoms with Crippen LogP contribution in [0.5, 0.6) is 0 Å². The lowest BCUT2D eigenvalue weighted by molar-refractivity contribution is 0.0651. The van der Waals surface area contributed by atoms with E-state index in [4.69, 9.17) is 9.47 Å². The summed E-state index contributed by atoms with van der Waals surface area (Å²) in [7, 11) is 1.68. The van der Waals surface area contributed by atoms with Gasteiger partial charge in [-0.3, -0.25) is 4.68 Å². The van der Waals surface area contributed by atoms with Gasteiger partial charge in [0.15, 0.2) is 0 Å². The summed E-state index contributed by atoms with van der Waals surface area (Å²) in [5, 5.41) is 8.04. The van der Waals surface area contributed by atoms with E-state index in [1.54, 1.807) is 7.11 Å². The molecule has 110 valence electrons. The zero-order valence-electron chi connectivity index (χ0n) is 12.8. The molecule has 0 radical (unpaired) electrons. The average molecular weight is 269 g/mol. The lowest BCUT2D eigenvalue weighted by Gasteiger charge is -2.13. The van der Waals surface area contributed by atoms with Gasteiger partial charge >= 0.3 is 0 Å². The van der Waals surface area contributed by atoms with Gasteiger partial charge in [-0.15, -0.1) is 0 Å². The number of ether oxygens (including phenoxy) is 2. The van der Waals surface area contributed by atoms with Crippen LogP contribution in [0, 0.1) is 13.8 Å². The van der Waals surface area contributed by atoms with Crippen LogP contribution in [0.15, 0.2) is 0 Å². The fourth-order valence-electron chi connectivity index (χ4n) is 2.36. The quantitative estimate of drug-likeness (QED) is 0.695. The second kappa shape index (κ2) is 8.30. The van der Waals surface area contributed by atoms with E-state index in [0.29, 0.717) is 25.9 Å². The number of aryl methyl sites for hydroxylation is 1. The maximum absolute atomic E-state index is 5.49. The Labute approximate surface area is 116 Å². The van der Waals surface area contributed by atoms with Gasteiger partial charge < -0.3 is 14.8 Å². The second-order valence-electron chi connectivity index (χ2n) is 4.69. The maximum atomic E-state index is 5.49. The van der Waals surface area contributed by atoms with Gasteiger partial charge in [-0.25, -0.2) is 0 Å². The maximum Gasteiger partial charge on any atom is 0.0701 e. The summed E-state index contributed by atoms with van der Waals surface area (Å²) >= 11 is 0. The predicted molar refractivity (Wildman–Crippen MR) is 76.5 cm³/mol. The summed E-state index contributed by atoms with van der Waals surface area (Å²) in [6.45, 7) is 12.2. The monoisotopic (exact) mass is 269 g/mol. The van der Waals surface area contributed by atoms with Crippen LogP contribution >= 0.6 is 0 Å². The van der Waals surface area contributed by atoms with E-state index >= 15 is 0 Å². The van der Waals surface area contributed by atoms with E-state index < -0.39 is 0 Å². The van der Waals surface area contributed by atoms with Crippen LogP contribution in [-0.4, -0.2) is 43.3 Å². The van der Waals surface area contributed by atoms with Crippen LogP contribution in [0.2, 0.25) is 0 Å². The van der Waals surface area contributed by atoms with E-state index in [-0.39, 0.29) is 0 Å². The predicted octanol–water partition coefficient (Wildman–Crippen LogP) is 1.83. The highest BCUT2D eigenvalue weighted by atomic mass is 16.5. The topological polar surface area (TPSA) is 48.3 Å². The molecule has 19 heavy (non-hydrogen) atoms. The Morgan fingerprint density at radius 2 is 2.00 bits per heavy atom. The molecule has 5 nitrogen and oxygen atoms in total. The number of rotatable bonds is 9. The molecule has 1 aromatic rings. The Morgan fingerprint density at radius 3 is 2.63 bits per heavy atom. The smallest absolute Gasteiger partial charge is 0.0701 e. The van der Waals surface area contributed by atoms with Crippen LogP contribution in [0.1, 0.15) is 36.8 Å². The number of nitrogens with one attached hydrogen (secondary N) is 1. The van der Waals surface area contributed by atoms with Gasteiger partial charge in [0.1, 0.15) is 0 Å². The Kier molecular flexibility index (Phi) is 7.05. The molecule has 1 atom stereocenters. The SMILES string of the molecule is CCNC(C)c1c(C)nn(CCOCCOC)c1C. The van der Waals surface area contributed by atoms with Crippen LogP contribution in [0.4, 0.5) is 0 Å². The molecule has 1 unspecified atom stereocenters. The largest absolute Gasteiger partial charge is 0.382 e. The first kappa shape index (κ1) is 16.1. The molecule has 0 aliphatic heterocycles. The highest BCUT2D eigenvalue weighted by Gasteiger charge is 2.16. The average Bonchev–Trinajstić information content (AvgIpc) is 2.64. The van der Waals surface area contributed by atoms with Crippen molar-refractivity contribution in [3.8, 4) is 0 Å². The highest BCUT2D eigenvalue weighted by Crippen LogP contribution is 2.21. The first-order chi connectivity index (χ1) is 9.11. The normalized spacial score (nSPS) is 12.9. The molecule has 1 N–H and O–H groups in total. The molecule has 0 amide bonds. The lowest BCUT2D eigenvalue weighted by atomic mass is 10.1. The van der Waals surface area contributed by atoms with Crippen molar-refractivity contribution in [1.82, 2.24) is 15.1 Å². The molecule has 0 saturated carbocycles. The van der Waals surface area contributed by atoms with Crippen LogP contribution in [0.3, 0.4) is 0 Å². The molecule has 1 heterocycles. The molecule has 0 fully saturated rings. The third-order valence-corrected chi connectivity index (χ3v) is 3.26. The summed E-state index contributed by atoms with van der Waals surface area (Å²) in [4.78, 5) is 0. The summed E-state index contributed by atoms with van der Waals surface area (Å²) in [6.07, 6.45) is 0. The minimum Gasteiger partial charge on any atom is -0.382 e. The van der Waals surface area contributed by atoms with E-state index in [1.807, 2.05) is 4.68 Å². The molecule has 1 aromatic heterocycles. The van der Waals surface area contributed by atoms with E-state index in [9.17, 15) is 0 Å². The first-order valence-electron chi connectivity index (χ1n) is 6.95. The van der Waals surface area contributed by atoms with Crippen molar-refractivity contribution in [2.24, 2.45) is 0 Å². The Balaban J connectivity index is 2.58. The molecule has 0 saturated heterocycles. The zero-order chi connectivity index (χ0) is 14.3. The fourth-order valence-corrected chi connectivity index (χ4v) is 2.36. The van der Waals surface area contributed by atoms with Crippen molar-refractivity contribution in [2.45, 2.75) is 40.3 Å². The van der Waals surface area contributed by atoms with Gasteiger partial charge in [0.25, 0.3) is 0 Å². The Hall–Kier alpha value is -0.910. The molecule has 0 spiro atoms. The van der Waals surface area contributed by atoms with Crippen LogP contribution < -0.4 is 5.32 Å². The van der Waals surface area contributed by atoms with E-state index in [0.717, 1.165) is 18.8 Å². The van der Waals surface area contributed by atoms with E-state index in [1.165, 1.54) is 11.3 Å². The Morgan fingerprint density at radius 1 is 1.26 bits per heavy atom. The molecular formula is C14H27N3O2. The van der Waals surface area contributed by atoms with Gasteiger partial charge in [0.2, 0.25) is 0 Å². The summed E-state index contributed by atoms with van der Waals surface area (Å²) in [5.41, 5.74) is 3.63. The third-order valence-electron chi connectivity index (χ3n) is 3.26. The summed E-state index contributed by atoms with van der Waals surface area (Å²) in [6, 6.07) is 0.341. The second-order valence-corrected chi connectivity index (χ2v) is 4.69. The van der Waals surface area contributed by atoms with Crippen molar-refractivity contribution >= 4 is 0 Å². The van der Waals surface area contributed by atoms with Gasteiger partial charge in [0, 0.05) is 24.4 Å². The van der Waals surface area contributed by atoms with Gasteiger partial charge in [-0.2, -0.15) is 5.10 Å². The summed E-state index contributed by atoms with van der Waals surface area (Å²) < 4.78 is 12.5. The van der Waals surface area contributed by atoms with E-state index in [2.05, 4.69) is 38.1 Å². The minimum atomic E-state index is 0.341. The number of hydrogen-bond donors (Lipinski definition) is 1.